The quantitative estimate of drug-likeness (QED) is 0.269. The molecular weight excluding hydrogens is 527 g/mol. The van der Waals surface area contributed by atoms with Crippen LogP contribution in [0, 0.1) is 12.7 Å². The van der Waals surface area contributed by atoms with E-state index in [9.17, 15) is 14.3 Å². The summed E-state index contributed by atoms with van der Waals surface area (Å²) in [6.07, 6.45) is 0. The van der Waals surface area contributed by atoms with Gasteiger partial charge in [0.15, 0.2) is 5.01 Å². The van der Waals surface area contributed by atoms with Crippen molar-refractivity contribution in [2.45, 2.75) is 13.0 Å². The third kappa shape index (κ3) is 5.15. The van der Waals surface area contributed by atoms with Gasteiger partial charge in [-0.25, -0.2) is 14.4 Å². The summed E-state index contributed by atoms with van der Waals surface area (Å²) in [4.78, 5) is 31.5. The molecule has 0 bridgehead atoms. The molecule has 2 aromatic heterocycles. The number of aromatic amines is 1. The van der Waals surface area contributed by atoms with Crippen LogP contribution in [0.25, 0.3) is 21.5 Å². The van der Waals surface area contributed by atoms with Crippen molar-refractivity contribution in [2.75, 3.05) is 38.1 Å². The maximum atomic E-state index is 14.2. The van der Waals surface area contributed by atoms with Crippen molar-refractivity contribution in [2.24, 2.45) is 0 Å². The molecule has 0 radical (unpaired) electrons. The lowest BCUT2D eigenvalue weighted by Crippen LogP contribution is -2.44. The van der Waals surface area contributed by atoms with E-state index in [1.54, 1.807) is 0 Å². The standard InChI is InChI=1S/C30H29FN6O2S/c1-18-27(19-7-10-21(11-8-19)37-15-13-36(2)14-16-37)40-30(32-18)29(39)35-26(22-17-20(31)9-12-25(22)38)28-33-23-5-3-4-6-24(23)34-28/h3-12,17,26,38H,13-16H2,1-2H3,(H,33,34)(H,35,39). The number of hydrogen-bond donors (Lipinski definition) is 3. The molecule has 3 aromatic carbocycles. The molecular formula is C30H29FN6O2S. The number of halogens is 1. The van der Waals surface area contributed by atoms with Gasteiger partial charge in [0, 0.05) is 37.4 Å². The maximum Gasteiger partial charge on any atom is 0.281 e. The van der Waals surface area contributed by atoms with E-state index in [4.69, 9.17) is 0 Å². The largest absolute Gasteiger partial charge is 0.508 e. The molecule has 0 aliphatic carbocycles. The molecule has 8 nitrogen and oxygen atoms in total. The molecule has 1 aliphatic heterocycles. The zero-order valence-corrected chi connectivity index (χ0v) is 23.0. The number of nitrogens with one attached hydrogen (secondary N) is 2. The first-order chi connectivity index (χ1) is 19.4. The predicted molar refractivity (Wildman–Crippen MR) is 155 cm³/mol. The molecule has 1 unspecified atom stereocenters. The fraction of sp³-hybridized carbons (Fsp3) is 0.233. The van der Waals surface area contributed by atoms with Gasteiger partial charge in [-0.2, -0.15) is 0 Å². The molecule has 1 aliphatic rings. The number of phenols is 1. The highest BCUT2D eigenvalue weighted by Gasteiger charge is 2.26. The highest BCUT2D eigenvalue weighted by molar-refractivity contribution is 7.17. The Balaban J connectivity index is 1.27. The van der Waals surface area contributed by atoms with Gasteiger partial charge < -0.3 is 25.2 Å². The van der Waals surface area contributed by atoms with Crippen LogP contribution in [-0.2, 0) is 0 Å². The summed E-state index contributed by atoms with van der Waals surface area (Å²) in [6, 6.07) is 18.5. The van der Waals surface area contributed by atoms with E-state index in [1.165, 1.54) is 35.2 Å². The number of imidazole rings is 1. The molecule has 5 aromatic rings. The topological polar surface area (TPSA) is 97.4 Å². The number of aromatic nitrogens is 3. The van der Waals surface area contributed by atoms with Gasteiger partial charge >= 0.3 is 0 Å². The van der Waals surface area contributed by atoms with Gasteiger partial charge in [0.05, 0.1) is 21.6 Å². The number of aryl methyl sites for hydroxylation is 1. The van der Waals surface area contributed by atoms with Crippen LogP contribution < -0.4 is 10.2 Å². The van der Waals surface area contributed by atoms with Crippen LogP contribution in [0.1, 0.15) is 32.9 Å². The highest BCUT2D eigenvalue weighted by Crippen LogP contribution is 2.34. The summed E-state index contributed by atoms with van der Waals surface area (Å²) in [5.41, 5.74) is 4.57. The molecule has 3 heterocycles. The van der Waals surface area contributed by atoms with Crippen LogP contribution >= 0.6 is 11.3 Å². The number of carbonyl (C=O) groups excluding carboxylic acids is 1. The number of benzene rings is 3. The summed E-state index contributed by atoms with van der Waals surface area (Å²) < 4.78 is 14.2. The second kappa shape index (κ2) is 10.7. The number of H-pyrrole nitrogens is 1. The molecule has 204 valence electrons. The number of para-hydroxylation sites is 2. The maximum absolute atomic E-state index is 14.2. The first-order valence-corrected chi connectivity index (χ1v) is 13.9. The van der Waals surface area contributed by atoms with Gasteiger partial charge in [-0.05, 0) is 62.0 Å². The van der Waals surface area contributed by atoms with Crippen molar-refractivity contribution < 1.29 is 14.3 Å². The molecule has 1 saturated heterocycles. The third-order valence-electron chi connectivity index (χ3n) is 7.25. The lowest BCUT2D eigenvalue weighted by Gasteiger charge is -2.34. The zero-order valence-electron chi connectivity index (χ0n) is 22.2. The van der Waals surface area contributed by atoms with E-state index in [0.717, 1.165) is 47.8 Å². The Kier molecular flexibility index (Phi) is 6.95. The second-order valence-electron chi connectivity index (χ2n) is 10.0. The average molecular weight is 557 g/mol. The van der Waals surface area contributed by atoms with Gasteiger partial charge in [0.2, 0.25) is 0 Å². The smallest absolute Gasteiger partial charge is 0.281 e. The summed E-state index contributed by atoms with van der Waals surface area (Å²) >= 11 is 1.30. The summed E-state index contributed by atoms with van der Waals surface area (Å²) in [5, 5.41) is 13.8. The van der Waals surface area contributed by atoms with Crippen LogP contribution in [0.4, 0.5) is 10.1 Å². The number of rotatable bonds is 6. The monoisotopic (exact) mass is 556 g/mol. The average Bonchev–Trinajstić information content (AvgIpc) is 3.57. The lowest BCUT2D eigenvalue weighted by molar-refractivity contribution is 0.0941. The number of likely N-dealkylation sites (N-methyl/N-ethyl adjacent to an activating group) is 1. The zero-order chi connectivity index (χ0) is 27.8. The number of aromatic hydroxyl groups is 1. The molecule has 1 amide bonds. The van der Waals surface area contributed by atoms with Crippen molar-refractivity contribution >= 4 is 34.0 Å². The third-order valence-corrected chi connectivity index (χ3v) is 8.45. The SMILES string of the molecule is Cc1nc(C(=O)NC(c2nc3ccccc3[nH]2)c2cc(F)ccc2O)sc1-c1ccc(N2CCN(C)CC2)cc1. The van der Waals surface area contributed by atoms with Gasteiger partial charge in [0.25, 0.3) is 5.91 Å². The van der Waals surface area contributed by atoms with Gasteiger partial charge in [-0.3, -0.25) is 4.79 Å². The molecule has 1 atom stereocenters. The van der Waals surface area contributed by atoms with E-state index in [0.29, 0.717) is 11.3 Å². The Morgan fingerprint density at radius 1 is 1.05 bits per heavy atom. The van der Waals surface area contributed by atoms with Crippen molar-refractivity contribution in [3.05, 3.63) is 94.6 Å². The Morgan fingerprint density at radius 2 is 1.80 bits per heavy atom. The molecule has 10 heteroatoms. The first kappa shape index (κ1) is 26.0. The number of fused-ring (bicyclic) bond motifs is 1. The minimum Gasteiger partial charge on any atom is -0.508 e. The van der Waals surface area contributed by atoms with Crippen LogP contribution in [0.3, 0.4) is 0 Å². The Morgan fingerprint density at radius 3 is 2.55 bits per heavy atom. The molecule has 6 rings (SSSR count). The van der Waals surface area contributed by atoms with Crippen LogP contribution in [0.5, 0.6) is 5.75 Å². The predicted octanol–water partition coefficient (Wildman–Crippen LogP) is 5.11. The van der Waals surface area contributed by atoms with Crippen molar-refractivity contribution in [3.63, 3.8) is 0 Å². The fourth-order valence-electron chi connectivity index (χ4n) is 5.00. The van der Waals surface area contributed by atoms with E-state index >= 15 is 0 Å². The normalized spacial score (nSPS) is 14.9. The highest BCUT2D eigenvalue weighted by atomic mass is 32.1. The number of nitrogens with zero attached hydrogens (tertiary/aromatic N) is 4. The minimum absolute atomic E-state index is 0.149. The van der Waals surface area contributed by atoms with Crippen molar-refractivity contribution in [1.82, 2.24) is 25.2 Å². The Hall–Kier alpha value is -4.28. The number of amides is 1. The number of phenolic OH excluding ortho intramolecular Hbond substituents is 1. The van der Waals surface area contributed by atoms with Crippen molar-refractivity contribution in [1.29, 1.82) is 0 Å². The molecule has 3 N–H and O–H groups in total. The number of piperazine rings is 1. The molecule has 0 saturated carbocycles. The van der Waals surface area contributed by atoms with E-state index in [2.05, 4.69) is 61.4 Å². The van der Waals surface area contributed by atoms with Crippen LogP contribution in [-0.4, -0.2) is 64.1 Å². The summed E-state index contributed by atoms with van der Waals surface area (Å²) in [6.45, 7) is 5.94. The van der Waals surface area contributed by atoms with Crippen LogP contribution in [0.15, 0.2) is 66.7 Å². The second-order valence-corrected chi connectivity index (χ2v) is 11.0. The van der Waals surface area contributed by atoms with E-state index < -0.39 is 17.8 Å². The minimum atomic E-state index is -0.925. The Bertz CT molecular complexity index is 1640. The molecule has 1 fully saturated rings. The summed E-state index contributed by atoms with van der Waals surface area (Å²) in [5.74, 6) is -0.745. The van der Waals surface area contributed by atoms with Gasteiger partial charge in [-0.15, -0.1) is 11.3 Å². The lowest BCUT2D eigenvalue weighted by atomic mass is 10.0. The summed E-state index contributed by atoms with van der Waals surface area (Å²) in [7, 11) is 2.14. The first-order valence-electron chi connectivity index (χ1n) is 13.1. The van der Waals surface area contributed by atoms with Crippen LogP contribution in [0.2, 0.25) is 0 Å². The van der Waals surface area contributed by atoms with Crippen molar-refractivity contribution in [3.8, 4) is 16.2 Å². The molecule has 40 heavy (non-hydrogen) atoms. The fourth-order valence-corrected chi connectivity index (χ4v) is 5.98. The number of hydrogen-bond acceptors (Lipinski definition) is 7. The Labute approximate surface area is 235 Å². The van der Waals surface area contributed by atoms with Gasteiger partial charge in [-0.1, -0.05) is 24.3 Å². The number of carbonyl (C=O) groups is 1. The number of thiazole rings is 1. The van der Waals surface area contributed by atoms with E-state index in [1.807, 2.05) is 31.2 Å². The molecule has 0 spiro atoms. The van der Waals surface area contributed by atoms with E-state index in [-0.39, 0.29) is 16.3 Å². The number of anilines is 1. The van der Waals surface area contributed by atoms with Gasteiger partial charge in [0.1, 0.15) is 23.4 Å².